The minimum Gasteiger partial charge on any atom is -0.181 e. The molecule has 0 aromatic carbocycles. The summed E-state index contributed by atoms with van der Waals surface area (Å²) in [4.78, 5) is 17.6. The van der Waals surface area contributed by atoms with Crippen molar-refractivity contribution in [2.24, 2.45) is 5.34 Å². The highest BCUT2D eigenvalue weighted by Gasteiger charge is 2.00. The first-order valence-electron chi connectivity index (χ1n) is 2.96. The summed E-state index contributed by atoms with van der Waals surface area (Å²) in [5.41, 5.74) is 0. The van der Waals surface area contributed by atoms with E-state index in [1.165, 1.54) is 0 Å². The van der Waals surface area contributed by atoms with Gasteiger partial charge in [0.1, 0.15) is 6.10 Å². The lowest BCUT2D eigenvalue weighted by Gasteiger charge is -2.03. The van der Waals surface area contributed by atoms with Crippen LogP contribution in [0.5, 0.6) is 0 Å². The first-order valence-corrected chi connectivity index (χ1v) is 2.96. The first-order chi connectivity index (χ1) is 4.31. The molecule has 0 fully saturated rings. The third-order valence-corrected chi connectivity index (χ3v) is 0.933. The molecule has 0 N–H and O–H groups in total. The smallest absolute Gasteiger partial charge is 0.181 e. The van der Waals surface area contributed by atoms with E-state index < -0.39 is 0 Å². The molecule has 54 valence electrons. The fraction of sp³-hybridized carbons (Fsp3) is 1.00. The number of rotatable bonds is 5. The maximum Gasteiger partial charge on any atom is 0.190 e. The molecule has 4 nitrogen and oxygen atoms in total. The lowest BCUT2D eigenvalue weighted by molar-refractivity contribution is -0.324. The normalized spacial score (nSPS) is 12.7. The zero-order valence-corrected chi connectivity index (χ0v) is 5.66. The topological polar surface area (TPSA) is 47.9 Å². The Kier molecular flexibility index (Phi) is 5.11. The SMILES string of the molecule is CCCC(C)OON=O. The van der Waals surface area contributed by atoms with Gasteiger partial charge in [0.25, 0.3) is 0 Å². The van der Waals surface area contributed by atoms with Gasteiger partial charge in [-0.05, 0) is 13.3 Å². The van der Waals surface area contributed by atoms with E-state index >= 15 is 0 Å². The van der Waals surface area contributed by atoms with Crippen molar-refractivity contribution in [1.29, 1.82) is 0 Å². The molecule has 0 aliphatic heterocycles. The van der Waals surface area contributed by atoms with E-state index in [4.69, 9.17) is 0 Å². The van der Waals surface area contributed by atoms with Crippen molar-refractivity contribution in [2.45, 2.75) is 32.8 Å². The summed E-state index contributed by atoms with van der Waals surface area (Å²) in [6.45, 7) is 3.84. The molecular formula is C5H11NO3. The van der Waals surface area contributed by atoms with Gasteiger partial charge in [0.05, 0.1) is 0 Å². The van der Waals surface area contributed by atoms with E-state index in [2.05, 4.69) is 15.2 Å². The molecule has 0 aromatic heterocycles. The fourth-order valence-corrected chi connectivity index (χ4v) is 0.546. The summed E-state index contributed by atoms with van der Waals surface area (Å²) in [5.74, 6) is 0. The summed E-state index contributed by atoms with van der Waals surface area (Å²) < 4.78 is 0. The Bertz CT molecular complexity index is 76.6. The van der Waals surface area contributed by atoms with Crippen LogP contribution < -0.4 is 0 Å². The van der Waals surface area contributed by atoms with Crippen LogP contribution >= 0.6 is 0 Å². The minimum absolute atomic E-state index is 0.0484. The van der Waals surface area contributed by atoms with Gasteiger partial charge in [0.2, 0.25) is 0 Å². The molecule has 0 aliphatic carbocycles. The van der Waals surface area contributed by atoms with Crippen molar-refractivity contribution in [3.8, 4) is 0 Å². The van der Waals surface area contributed by atoms with Crippen LogP contribution in [0.2, 0.25) is 0 Å². The van der Waals surface area contributed by atoms with Gasteiger partial charge in [-0.15, -0.1) is 4.91 Å². The molecule has 0 aliphatic rings. The molecule has 0 radical (unpaired) electrons. The summed E-state index contributed by atoms with van der Waals surface area (Å²) in [6.07, 6.45) is 1.83. The van der Waals surface area contributed by atoms with Gasteiger partial charge in [-0.25, -0.2) is 0 Å². The Morgan fingerprint density at radius 3 is 2.78 bits per heavy atom. The van der Waals surface area contributed by atoms with Crippen molar-refractivity contribution in [3.05, 3.63) is 4.91 Å². The molecule has 0 amide bonds. The number of hydrogen-bond acceptors (Lipinski definition) is 4. The summed E-state index contributed by atoms with van der Waals surface area (Å²) in [7, 11) is 0. The van der Waals surface area contributed by atoms with Crippen molar-refractivity contribution >= 4 is 0 Å². The van der Waals surface area contributed by atoms with Gasteiger partial charge in [-0.2, -0.15) is 9.88 Å². The van der Waals surface area contributed by atoms with E-state index in [-0.39, 0.29) is 6.10 Å². The quantitative estimate of drug-likeness (QED) is 0.326. The second-order valence-corrected chi connectivity index (χ2v) is 1.84. The predicted octanol–water partition coefficient (Wildman–Crippen LogP) is 1.80. The third-order valence-electron chi connectivity index (χ3n) is 0.933. The highest BCUT2D eigenvalue weighted by Crippen LogP contribution is 2.00. The van der Waals surface area contributed by atoms with Crippen molar-refractivity contribution in [2.75, 3.05) is 0 Å². The number of nitrogens with zero attached hydrogens (tertiary/aromatic N) is 1. The Hall–Kier alpha value is -0.640. The Morgan fingerprint density at radius 2 is 2.33 bits per heavy atom. The van der Waals surface area contributed by atoms with Crippen LogP contribution in [-0.4, -0.2) is 6.10 Å². The average molecular weight is 133 g/mol. The molecule has 0 saturated heterocycles. The van der Waals surface area contributed by atoms with Crippen LogP contribution in [-0.2, 0) is 9.88 Å². The lowest BCUT2D eigenvalue weighted by Crippen LogP contribution is -2.05. The second-order valence-electron chi connectivity index (χ2n) is 1.84. The highest BCUT2D eigenvalue weighted by molar-refractivity contribution is 4.42. The maximum atomic E-state index is 9.32. The van der Waals surface area contributed by atoms with Crippen LogP contribution in [0.1, 0.15) is 26.7 Å². The van der Waals surface area contributed by atoms with Gasteiger partial charge < -0.3 is 0 Å². The second kappa shape index (κ2) is 5.50. The minimum atomic E-state index is -0.0484. The maximum absolute atomic E-state index is 9.32. The molecular weight excluding hydrogens is 122 g/mol. The van der Waals surface area contributed by atoms with Gasteiger partial charge in [0, 0.05) is 0 Å². The number of hydrogen-bond donors (Lipinski definition) is 0. The van der Waals surface area contributed by atoms with E-state index in [0.717, 1.165) is 12.8 Å². The van der Waals surface area contributed by atoms with E-state index in [1.54, 1.807) is 0 Å². The Labute approximate surface area is 54.0 Å². The average Bonchev–Trinajstić information content (AvgIpc) is 1.85. The van der Waals surface area contributed by atoms with E-state index in [0.29, 0.717) is 0 Å². The molecule has 0 bridgehead atoms. The molecule has 0 heterocycles. The van der Waals surface area contributed by atoms with Crippen molar-refractivity contribution in [3.63, 3.8) is 0 Å². The Morgan fingerprint density at radius 1 is 1.67 bits per heavy atom. The predicted molar refractivity (Wildman–Crippen MR) is 32.3 cm³/mol. The fourth-order valence-electron chi connectivity index (χ4n) is 0.546. The molecule has 1 unspecified atom stereocenters. The molecule has 0 rings (SSSR count). The van der Waals surface area contributed by atoms with Gasteiger partial charge in [0.15, 0.2) is 5.34 Å². The van der Waals surface area contributed by atoms with E-state index in [9.17, 15) is 4.91 Å². The molecule has 4 heteroatoms. The van der Waals surface area contributed by atoms with Crippen LogP contribution in [0.15, 0.2) is 5.34 Å². The first kappa shape index (κ1) is 8.36. The van der Waals surface area contributed by atoms with Crippen LogP contribution in [0.3, 0.4) is 0 Å². The van der Waals surface area contributed by atoms with Crippen LogP contribution in [0, 0.1) is 4.91 Å². The lowest BCUT2D eigenvalue weighted by atomic mass is 10.2. The summed E-state index contributed by atoms with van der Waals surface area (Å²) in [6, 6.07) is 0. The van der Waals surface area contributed by atoms with Gasteiger partial charge in [-0.1, -0.05) is 13.3 Å². The zero-order chi connectivity index (χ0) is 7.11. The molecule has 0 saturated carbocycles. The summed E-state index contributed by atoms with van der Waals surface area (Å²) >= 11 is 0. The van der Waals surface area contributed by atoms with Gasteiger partial charge >= 0.3 is 0 Å². The molecule has 0 aromatic rings. The van der Waals surface area contributed by atoms with Gasteiger partial charge in [-0.3, -0.25) is 0 Å². The molecule has 9 heavy (non-hydrogen) atoms. The largest absolute Gasteiger partial charge is 0.190 e. The van der Waals surface area contributed by atoms with Crippen LogP contribution in [0.25, 0.3) is 0 Å². The monoisotopic (exact) mass is 133 g/mol. The van der Waals surface area contributed by atoms with Crippen molar-refractivity contribution in [1.82, 2.24) is 0 Å². The highest BCUT2D eigenvalue weighted by atomic mass is 17.3. The summed E-state index contributed by atoms with van der Waals surface area (Å²) in [5, 5.41) is 2.09. The molecule has 1 atom stereocenters. The standard InChI is InChI=1S/C5H11NO3/c1-3-4-5(2)8-9-6-7/h5H,3-4H2,1-2H3. The third kappa shape index (κ3) is 5.23. The van der Waals surface area contributed by atoms with E-state index in [1.807, 2.05) is 13.8 Å². The Balaban J connectivity index is 3.04. The van der Waals surface area contributed by atoms with Crippen molar-refractivity contribution < 1.29 is 9.88 Å². The zero-order valence-electron chi connectivity index (χ0n) is 5.66. The molecule has 0 spiro atoms. The van der Waals surface area contributed by atoms with Crippen LogP contribution in [0.4, 0.5) is 0 Å².